The van der Waals surface area contributed by atoms with Gasteiger partial charge in [-0.1, -0.05) is 211 Å². The lowest BCUT2D eigenvalue weighted by atomic mass is 9.83. The van der Waals surface area contributed by atoms with Gasteiger partial charge in [0.1, 0.15) is 48.6 Å². The number of carbonyl (C=O) groups excluding carboxylic acids is 4. The fraction of sp³-hybridized carbons (Fsp3) is 0.425. The van der Waals surface area contributed by atoms with Crippen LogP contribution >= 0.6 is 48.0 Å². The van der Waals surface area contributed by atoms with E-state index in [9.17, 15) is 58.7 Å². The molecule has 0 saturated heterocycles. The Kier molecular flexibility index (Phi) is 65.6. The molecule has 18 nitrogen and oxygen atoms in total. The molecule has 0 aliphatic heterocycles. The Balaban J connectivity index is -0.000000286. The zero-order valence-corrected chi connectivity index (χ0v) is 64.6. The summed E-state index contributed by atoms with van der Waals surface area (Å²) in [7, 11) is 0. The van der Waals surface area contributed by atoms with Crippen LogP contribution in [0.5, 0.6) is 0 Å². The van der Waals surface area contributed by atoms with Gasteiger partial charge in [0.05, 0.1) is 57.1 Å². The number of ether oxygens (including phenoxy) is 4. The highest BCUT2D eigenvalue weighted by Gasteiger charge is 2.31. The largest absolute Gasteiger partial charge is 0.461 e. The maximum Gasteiger partial charge on any atom is 0.404 e. The van der Waals surface area contributed by atoms with E-state index >= 15 is 0 Å². The number of esters is 2. The topological polar surface area (TPSA) is 329 Å². The molecule has 0 spiro atoms. The summed E-state index contributed by atoms with van der Waals surface area (Å²) < 4.78 is 128. The van der Waals surface area contributed by atoms with Crippen molar-refractivity contribution in [2.24, 2.45) is 43.7 Å². The van der Waals surface area contributed by atoms with Crippen molar-refractivity contribution in [3.05, 3.63) is 215 Å². The average Bonchev–Trinajstić information content (AvgIpc) is 0.861. The third kappa shape index (κ3) is 62.2. The average molecular weight is 1650 g/mol. The number of carbonyl (C=O) groups is 4. The number of hydrogen-bond donors (Lipinski definition) is 4. The van der Waals surface area contributed by atoms with Gasteiger partial charge in [-0.3, -0.25) is 32.7 Å². The van der Waals surface area contributed by atoms with Crippen LogP contribution in [0.1, 0.15) is 141 Å². The van der Waals surface area contributed by atoms with Gasteiger partial charge in [0.15, 0.2) is 0 Å². The molecule has 0 amide bonds. The Labute approximate surface area is 670 Å². The SMILES string of the molecule is C.C.CC(C#N)(CC(F)F)N=Cc1ccccc1.CC(C#N)(CCF)N=Cc1ccccc1.CC(CN)(CC(=O)OCc1ccccc1)CC(F)F.CC(CN)(CCF)CC(=O)OCc1ccccc1.CC(N)(C#N)CC(F)F.CC(N)(C#N)CCF.Cl.Cl.O=C(Cl)OCc1ccccc1.O=C(Cl)OCc1ccccc1. The molecule has 6 aromatic carbocycles. The molecule has 0 aliphatic carbocycles. The minimum absolute atomic E-state index is 0. The molecule has 0 aromatic heterocycles. The molecule has 0 bridgehead atoms. The number of nitriles is 4. The number of aliphatic imine (C=N–C) groups is 2. The summed E-state index contributed by atoms with van der Waals surface area (Å²) >= 11 is 9.93. The van der Waals surface area contributed by atoms with Crippen molar-refractivity contribution in [2.75, 3.05) is 33.1 Å². The second kappa shape index (κ2) is 64.5. The Bertz CT molecular complexity index is 3580. The summed E-state index contributed by atoms with van der Waals surface area (Å²) in [4.78, 5) is 51.7. The first-order chi connectivity index (χ1) is 50.5. The van der Waals surface area contributed by atoms with Crippen LogP contribution in [-0.4, -0.2) is 110 Å². The first-order valence-electron chi connectivity index (χ1n) is 33.0. The molecule has 614 valence electrons. The summed E-state index contributed by atoms with van der Waals surface area (Å²) in [5.74, 6) is -0.835. The molecular formula is C80H105Cl4F9N10O8. The van der Waals surface area contributed by atoms with Gasteiger partial charge < -0.3 is 41.9 Å². The van der Waals surface area contributed by atoms with E-state index in [0.717, 1.165) is 33.4 Å². The molecule has 0 fully saturated rings. The monoisotopic (exact) mass is 1640 g/mol. The molecule has 0 heterocycles. The van der Waals surface area contributed by atoms with Crippen LogP contribution < -0.4 is 22.9 Å². The molecule has 6 unspecified atom stereocenters. The predicted molar refractivity (Wildman–Crippen MR) is 425 cm³/mol. The van der Waals surface area contributed by atoms with Gasteiger partial charge in [-0.05, 0) is 91.4 Å². The molecule has 6 aromatic rings. The fourth-order valence-corrected chi connectivity index (χ4v) is 7.80. The number of hydrogen-bond acceptors (Lipinski definition) is 18. The summed E-state index contributed by atoms with van der Waals surface area (Å²) in [6.45, 7) is 8.83. The van der Waals surface area contributed by atoms with Gasteiger partial charge in [-0.2, -0.15) is 21.0 Å². The van der Waals surface area contributed by atoms with Crippen LogP contribution in [-0.2, 0) is 55.0 Å². The summed E-state index contributed by atoms with van der Waals surface area (Å²) in [6.07, 6.45) is -5.38. The van der Waals surface area contributed by atoms with E-state index in [1.54, 1.807) is 57.3 Å². The standard InChI is InChI=1S/C14H19F2NO2.C14H20FNO2.C12H12F2N2.C12H13FN2.2C8H7ClO2.C5H8F2N2.C5H9FN2.2CH4.2ClH/c1-14(10-17,7-12(15)16)8-13(18)19-9-11-5-3-2-4-6-11;1-14(11-16,7-8-15)9-13(17)18-10-12-5-3-2-4-6-12;1-12(9-15,7-11(13)14)16-8-10-5-3-2-4-6-10;1-12(10-14,7-8-13)15-9-11-5-3-2-4-6-11;2*9-8(10)11-6-7-4-2-1-3-5-7;1-5(9,3-8)2-4(6)7;1-5(8,4-7)2-3-6;;;;/h2-6,12H,7-10,17H2,1H3;2-6H,7-11,16H2,1H3;2-6,8,11H,7H2,1H3;2-6,9H,7-8H2,1H3;2*1-5H,6H2;4H,2,9H2,1H3;2-3,8H2,1H3;2*1H4;2*1H. The van der Waals surface area contributed by atoms with E-state index in [-0.39, 0.29) is 117 Å². The van der Waals surface area contributed by atoms with Crippen LogP contribution in [0.2, 0.25) is 0 Å². The molecule has 31 heteroatoms. The Morgan fingerprint density at radius 3 is 0.937 bits per heavy atom. The van der Waals surface area contributed by atoms with Crippen molar-refractivity contribution in [3.8, 4) is 24.3 Å². The van der Waals surface area contributed by atoms with E-state index in [1.165, 1.54) is 27.0 Å². The lowest BCUT2D eigenvalue weighted by Gasteiger charge is -2.26. The van der Waals surface area contributed by atoms with Crippen molar-refractivity contribution in [2.45, 2.75) is 176 Å². The third-order valence-corrected chi connectivity index (χ3v) is 14.5. The van der Waals surface area contributed by atoms with E-state index < -0.39 is 108 Å². The smallest absolute Gasteiger partial charge is 0.404 e. The third-order valence-electron chi connectivity index (χ3n) is 14.3. The van der Waals surface area contributed by atoms with Crippen LogP contribution in [0.15, 0.2) is 192 Å². The molecular weight excluding hydrogens is 1540 g/mol. The number of benzene rings is 6. The van der Waals surface area contributed by atoms with Crippen molar-refractivity contribution >= 4 is 83.2 Å². The number of nitrogens with two attached hydrogens (primary N) is 4. The summed E-state index contributed by atoms with van der Waals surface area (Å²) in [5.41, 5.74) is 19.1. The molecule has 8 N–H and O–H groups in total. The first-order valence-corrected chi connectivity index (χ1v) is 33.7. The van der Waals surface area contributed by atoms with E-state index in [4.69, 9.17) is 76.7 Å². The van der Waals surface area contributed by atoms with Crippen molar-refractivity contribution in [1.82, 2.24) is 0 Å². The van der Waals surface area contributed by atoms with Crippen LogP contribution in [0.25, 0.3) is 0 Å². The minimum Gasteiger partial charge on any atom is -0.461 e. The zero-order valence-electron chi connectivity index (χ0n) is 61.5. The molecule has 0 aliphatic rings. The van der Waals surface area contributed by atoms with Crippen LogP contribution in [0, 0.1) is 56.2 Å². The van der Waals surface area contributed by atoms with Crippen molar-refractivity contribution < 1.29 is 77.6 Å². The van der Waals surface area contributed by atoms with Gasteiger partial charge in [-0.25, -0.2) is 35.9 Å². The molecule has 6 rings (SSSR count). The van der Waals surface area contributed by atoms with E-state index in [1.807, 2.05) is 176 Å². The van der Waals surface area contributed by atoms with Gasteiger partial charge in [0, 0.05) is 67.7 Å². The normalized spacial score (nSPS) is 13.2. The van der Waals surface area contributed by atoms with E-state index in [2.05, 4.69) is 19.5 Å². The quantitative estimate of drug-likeness (QED) is 0.0107. The number of halogens is 13. The fourth-order valence-electron chi connectivity index (χ4n) is 7.69. The highest BCUT2D eigenvalue weighted by Crippen LogP contribution is 2.29. The van der Waals surface area contributed by atoms with Gasteiger partial charge in [0.25, 0.3) is 0 Å². The van der Waals surface area contributed by atoms with Crippen LogP contribution in [0.4, 0.5) is 49.1 Å². The highest BCUT2D eigenvalue weighted by molar-refractivity contribution is 6.61. The molecule has 0 radical (unpaired) electrons. The van der Waals surface area contributed by atoms with E-state index in [0.29, 0.717) is 0 Å². The second-order valence-electron chi connectivity index (χ2n) is 25.0. The number of alkyl halides is 9. The Morgan fingerprint density at radius 2 is 0.694 bits per heavy atom. The van der Waals surface area contributed by atoms with Crippen molar-refractivity contribution in [3.63, 3.8) is 0 Å². The number of rotatable bonds is 30. The van der Waals surface area contributed by atoms with Crippen LogP contribution in [0.3, 0.4) is 0 Å². The number of nitrogens with zero attached hydrogens (tertiary/aromatic N) is 6. The molecule has 111 heavy (non-hydrogen) atoms. The Hall–Kier alpha value is -9.13. The predicted octanol–water partition coefficient (Wildman–Crippen LogP) is 19.7. The molecule has 6 atom stereocenters. The highest BCUT2D eigenvalue weighted by atomic mass is 35.5. The summed E-state index contributed by atoms with van der Waals surface area (Å²) in [6, 6.07) is 63.0. The molecule has 0 saturated carbocycles. The van der Waals surface area contributed by atoms with Gasteiger partial charge in [-0.15, -0.1) is 24.8 Å². The lowest BCUT2D eigenvalue weighted by molar-refractivity contribution is -0.148. The van der Waals surface area contributed by atoms with Crippen molar-refractivity contribution in [1.29, 1.82) is 21.0 Å². The maximum atomic E-state index is 12.4. The zero-order chi connectivity index (χ0) is 81.2. The maximum absolute atomic E-state index is 12.4. The van der Waals surface area contributed by atoms with Gasteiger partial charge >= 0.3 is 22.8 Å². The summed E-state index contributed by atoms with van der Waals surface area (Å²) in [5, 5.41) is 34.0. The van der Waals surface area contributed by atoms with Gasteiger partial charge in [0.2, 0.25) is 19.3 Å². The lowest BCUT2D eigenvalue weighted by Crippen LogP contribution is -2.36. The Morgan fingerprint density at radius 1 is 0.414 bits per heavy atom. The second-order valence-corrected chi connectivity index (χ2v) is 25.6. The first kappa shape index (κ1) is 113. The minimum atomic E-state index is -2.53.